The van der Waals surface area contributed by atoms with E-state index in [-0.39, 0.29) is 17.5 Å². The van der Waals surface area contributed by atoms with Crippen LogP contribution in [0.3, 0.4) is 0 Å². The number of ether oxygens (including phenoxy) is 2. The zero-order valence-electron chi connectivity index (χ0n) is 11.8. The van der Waals surface area contributed by atoms with Gasteiger partial charge in [0.1, 0.15) is 0 Å². The summed E-state index contributed by atoms with van der Waals surface area (Å²) in [6.45, 7) is 2.83. The summed E-state index contributed by atoms with van der Waals surface area (Å²) in [6.07, 6.45) is 3.10. The standard InChI is InChI=1S/C14H20N2O4/c1-3-12-8-11(6-7-20-12)15-10-4-5-14(19-2)13(9-10)16(17)18/h4-5,9,11-12,15H,3,6-8H2,1-2H3. The molecular formula is C14H20N2O4. The molecule has 0 bridgehead atoms. The second-order valence-corrected chi connectivity index (χ2v) is 4.91. The first-order valence-electron chi connectivity index (χ1n) is 6.84. The Balaban J connectivity index is 2.09. The fourth-order valence-corrected chi connectivity index (χ4v) is 2.45. The van der Waals surface area contributed by atoms with E-state index in [0.717, 1.165) is 31.6 Å². The van der Waals surface area contributed by atoms with Crippen LogP contribution in [-0.2, 0) is 4.74 Å². The van der Waals surface area contributed by atoms with Crippen LogP contribution in [0.2, 0.25) is 0 Å². The Hall–Kier alpha value is -1.82. The number of anilines is 1. The lowest BCUT2D eigenvalue weighted by molar-refractivity contribution is -0.385. The molecule has 1 aromatic carbocycles. The number of hydrogen-bond donors (Lipinski definition) is 1. The van der Waals surface area contributed by atoms with Gasteiger partial charge in [0.15, 0.2) is 5.75 Å². The van der Waals surface area contributed by atoms with Crippen molar-refractivity contribution < 1.29 is 14.4 Å². The van der Waals surface area contributed by atoms with E-state index in [2.05, 4.69) is 12.2 Å². The monoisotopic (exact) mass is 280 g/mol. The average Bonchev–Trinajstić information content (AvgIpc) is 2.47. The second kappa shape index (κ2) is 6.56. The second-order valence-electron chi connectivity index (χ2n) is 4.91. The summed E-state index contributed by atoms with van der Waals surface area (Å²) in [6, 6.07) is 5.25. The Morgan fingerprint density at radius 3 is 3.00 bits per heavy atom. The molecule has 1 aromatic rings. The molecule has 1 saturated heterocycles. The first-order chi connectivity index (χ1) is 9.63. The van der Waals surface area contributed by atoms with Crippen molar-refractivity contribution in [2.45, 2.75) is 38.3 Å². The highest BCUT2D eigenvalue weighted by Crippen LogP contribution is 2.30. The number of nitro groups is 1. The van der Waals surface area contributed by atoms with Crippen molar-refractivity contribution in [3.8, 4) is 5.75 Å². The Bertz CT molecular complexity index is 478. The predicted molar refractivity (Wildman–Crippen MR) is 76.3 cm³/mol. The van der Waals surface area contributed by atoms with Crippen LogP contribution in [0.15, 0.2) is 18.2 Å². The Kier molecular flexibility index (Phi) is 4.79. The lowest BCUT2D eigenvalue weighted by atomic mass is 10.0. The predicted octanol–water partition coefficient (Wildman–Crippen LogP) is 2.97. The highest BCUT2D eigenvalue weighted by molar-refractivity contribution is 5.58. The highest BCUT2D eigenvalue weighted by Gasteiger charge is 2.22. The average molecular weight is 280 g/mol. The molecule has 1 aliphatic rings. The molecule has 1 N–H and O–H groups in total. The first kappa shape index (κ1) is 14.6. The maximum Gasteiger partial charge on any atom is 0.312 e. The van der Waals surface area contributed by atoms with Gasteiger partial charge in [0.05, 0.1) is 18.1 Å². The van der Waals surface area contributed by atoms with Gasteiger partial charge in [-0.25, -0.2) is 0 Å². The molecule has 2 unspecified atom stereocenters. The molecule has 6 nitrogen and oxygen atoms in total. The van der Waals surface area contributed by atoms with Gasteiger partial charge in [-0.15, -0.1) is 0 Å². The van der Waals surface area contributed by atoms with Crippen LogP contribution in [0.25, 0.3) is 0 Å². The molecule has 0 aliphatic carbocycles. The molecule has 0 amide bonds. The fourth-order valence-electron chi connectivity index (χ4n) is 2.45. The third-order valence-corrected chi connectivity index (χ3v) is 3.57. The van der Waals surface area contributed by atoms with E-state index in [4.69, 9.17) is 9.47 Å². The van der Waals surface area contributed by atoms with Crippen molar-refractivity contribution in [2.75, 3.05) is 19.0 Å². The smallest absolute Gasteiger partial charge is 0.312 e. The van der Waals surface area contributed by atoms with Crippen molar-refractivity contribution in [1.29, 1.82) is 0 Å². The van der Waals surface area contributed by atoms with Crippen molar-refractivity contribution in [2.24, 2.45) is 0 Å². The molecule has 1 fully saturated rings. The van der Waals surface area contributed by atoms with Crippen molar-refractivity contribution in [3.05, 3.63) is 28.3 Å². The first-order valence-corrected chi connectivity index (χ1v) is 6.84. The number of nitrogens with one attached hydrogen (secondary N) is 1. The van der Waals surface area contributed by atoms with Gasteiger partial charge in [-0.1, -0.05) is 6.92 Å². The number of rotatable bonds is 5. The number of hydrogen-bond acceptors (Lipinski definition) is 5. The van der Waals surface area contributed by atoms with Gasteiger partial charge >= 0.3 is 5.69 Å². The topological polar surface area (TPSA) is 73.6 Å². The molecule has 6 heteroatoms. The molecule has 0 saturated carbocycles. The van der Waals surface area contributed by atoms with Crippen LogP contribution in [0.5, 0.6) is 5.75 Å². The highest BCUT2D eigenvalue weighted by atomic mass is 16.6. The Morgan fingerprint density at radius 2 is 2.35 bits per heavy atom. The summed E-state index contributed by atoms with van der Waals surface area (Å²) in [5, 5.41) is 14.4. The fraction of sp³-hybridized carbons (Fsp3) is 0.571. The van der Waals surface area contributed by atoms with E-state index < -0.39 is 4.92 Å². The minimum Gasteiger partial charge on any atom is -0.490 e. The third-order valence-electron chi connectivity index (χ3n) is 3.57. The summed E-state index contributed by atoms with van der Waals surface area (Å²) >= 11 is 0. The van der Waals surface area contributed by atoms with Gasteiger partial charge in [0, 0.05) is 24.4 Å². The summed E-state index contributed by atoms with van der Waals surface area (Å²) in [4.78, 5) is 10.6. The molecule has 0 radical (unpaired) electrons. The normalized spacial score (nSPS) is 22.3. The lowest BCUT2D eigenvalue weighted by Crippen LogP contribution is -2.33. The largest absolute Gasteiger partial charge is 0.490 e. The van der Waals surface area contributed by atoms with Crippen molar-refractivity contribution in [1.82, 2.24) is 0 Å². The van der Waals surface area contributed by atoms with Gasteiger partial charge in [-0.05, 0) is 31.4 Å². The minimum atomic E-state index is -0.428. The number of methoxy groups -OCH3 is 1. The molecule has 2 rings (SSSR count). The summed E-state index contributed by atoms with van der Waals surface area (Å²) in [7, 11) is 1.43. The van der Waals surface area contributed by atoms with Gasteiger partial charge in [0.25, 0.3) is 0 Å². The maximum atomic E-state index is 11.0. The Morgan fingerprint density at radius 1 is 1.55 bits per heavy atom. The summed E-state index contributed by atoms with van der Waals surface area (Å²) in [5.41, 5.74) is 0.732. The molecule has 20 heavy (non-hydrogen) atoms. The summed E-state index contributed by atoms with van der Waals surface area (Å²) in [5.74, 6) is 0.277. The van der Waals surface area contributed by atoms with E-state index in [9.17, 15) is 10.1 Å². The van der Waals surface area contributed by atoms with Gasteiger partial charge in [-0.2, -0.15) is 0 Å². The van der Waals surface area contributed by atoms with E-state index in [1.54, 1.807) is 6.07 Å². The van der Waals surface area contributed by atoms with Crippen molar-refractivity contribution >= 4 is 11.4 Å². The SMILES string of the molecule is CCC1CC(Nc2ccc(OC)c([N+](=O)[O-])c2)CCO1. The molecule has 0 spiro atoms. The number of nitrogens with zero attached hydrogens (tertiary/aromatic N) is 1. The quantitative estimate of drug-likeness (QED) is 0.663. The molecular weight excluding hydrogens is 260 g/mol. The van der Waals surface area contributed by atoms with Crippen molar-refractivity contribution in [3.63, 3.8) is 0 Å². The minimum absolute atomic E-state index is 0.0170. The molecule has 0 aromatic heterocycles. The third kappa shape index (κ3) is 3.39. The zero-order chi connectivity index (χ0) is 14.5. The van der Waals surface area contributed by atoms with Crippen LogP contribution < -0.4 is 10.1 Å². The van der Waals surface area contributed by atoms with E-state index in [1.807, 2.05) is 6.07 Å². The van der Waals surface area contributed by atoms with E-state index in [0.29, 0.717) is 6.04 Å². The molecule has 2 atom stereocenters. The maximum absolute atomic E-state index is 11.0. The zero-order valence-corrected chi connectivity index (χ0v) is 11.8. The van der Waals surface area contributed by atoms with Crippen LogP contribution in [0.4, 0.5) is 11.4 Å². The van der Waals surface area contributed by atoms with E-state index in [1.165, 1.54) is 13.2 Å². The van der Waals surface area contributed by atoms with Crippen LogP contribution >= 0.6 is 0 Å². The van der Waals surface area contributed by atoms with Crippen LogP contribution in [-0.4, -0.2) is 30.8 Å². The van der Waals surface area contributed by atoms with Gasteiger partial charge in [-0.3, -0.25) is 10.1 Å². The lowest BCUT2D eigenvalue weighted by Gasteiger charge is -2.30. The molecule has 1 aliphatic heterocycles. The summed E-state index contributed by atoms with van der Waals surface area (Å²) < 4.78 is 10.6. The van der Waals surface area contributed by atoms with E-state index >= 15 is 0 Å². The Labute approximate surface area is 118 Å². The van der Waals surface area contributed by atoms with Crippen LogP contribution in [0.1, 0.15) is 26.2 Å². The molecule has 1 heterocycles. The van der Waals surface area contributed by atoms with Gasteiger partial charge < -0.3 is 14.8 Å². The number of nitro benzene ring substituents is 1. The van der Waals surface area contributed by atoms with Crippen LogP contribution in [0, 0.1) is 10.1 Å². The van der Waals surface area contributed by atoms with Gasteiger partial charge in [0.2, 0.25) is 0 Å². The number of benzene rings is 1. The molecule has 110 valence electrons.